The van der Waals surface area contributed by atoms with Gasteiger partial charge in [-0.2, -0.15) is 0 Å². The Balaban J connectivity index is 1.83. The molecule has 2 aromatic carbocycles. The van der Waals surface area contributed by atoms with Crippen LogP contribution in [0.1, 0.15) is 47.2 Å². The largest absolute Gasteiger partial charge is 0.356 e. The minimum atomic E-state index is -0.212. The number of unbranched alkanes of at least 4 members (excludes halogenated alkanes) is 1. The molecular weight excluding hydrogens is 336 g/mol. The molecule has 2 aromatic rings. The molecule has 2 unspecified atom stereocenters. The molecule has 0 spiro atoms. The number of benzene rings is 2. The van der Waals surface area contributed by atoms with Gasteiger partial charge in [0.15, 0.2) is 0 Å². The van der Waals surface area contributed by atoms with Crippen LogP contribution < -0.4 is 5.32 Å². The molecule has 142 valence electrons. The number of rotatable bonds is 6. The van der Waals surface area contributed by atoms with Crippen molar-refractivity contribution in [3.8, 4) is 0 Å². The number of carbonyl (C=O) groups excluding carboxylic acids is 2. The summed E-state index contributed by atoms with van der Waals surface area (Å²) in [6.45, 7) is 5.91. The number of hydrogen-bond acceptors (Lipinski definition) is 2. The van der Waals surface area contributed by atoms with Gasteiger partial charge in [0.2, 0.25) is 5.91 Å². The number of nitrogens with one attached hydrogen (secondary N) is 1. The van der Waals surface area contributed by atoms with Crippen LogP contribution in [0.5, 0.6) is 0 Å². The molecule has 0 radical (unpaired) electrons. The quantitative estimate of drug-likeness (QED) is 0.793. The van der Waals surface area contributed by atoms with Crippen molar-refractivity contribution < 1.29 is 9.59 Å². The van der Waals surface area contributed by atoms with E-state index in [1.807, 2.05) is 47.4 Å². The first-order valence-corrected chi connectivity index (χ1v) is 9.79. The first-order chi connectivity index (χ1) is 13.1. The van der Waals surface area contributed by atoms with Crippen molar-refractivity contribution in [1.82, 2.24) is 10.2 Å². The van der Waals surface area contributed by atoms with Gasteiger partial charge in [0.1, 0.15) is 0 Å². The fourth-order valence-corrected chi connectivity index (χ4v) is 3.84. The third kappa shape index (κ3) is 4.38. The summed E-state index contributed by atoms with van der Waals surface area (Å²) in [7, 11) is 0. The number of likely N-dealkylation sites (tertiary alicyclic amines) is 1. The van der Waals surface area contributed by atoms with Crippen molar-refractivity contribution in [2.24, 2.45) is 5.92 Å². The minimum Gasteiger partial charge on any atom is -0.356 e. The molecule has 3 rings (SSSR count). The van der Waals surface area contributed by atoms with Gasteiger partial charge in [-0.05, 0) is 36.6 Å². The monoisotopic (exact) mass is 364 g/mol. The Labute approximate surface area is 161 Å². The molecule has 4 nitrogen and oxygen atoms in total. The van der Waals surface area contributed by atoms with E-state index in [0.717, 1.165) is 18.4 Å². The molecule has 0 aromatic heterocycles. The van der Waals surface area contributed by atoms with Crippen LogP contribution in [0, 0.1) is 12.8 Å². The number of carbonyl (C=O) groups is 2. The van der Waals surface area contributed by atoms with E-state index >= 15 is 0 Å². The van der Waals surface area contributed by atoms with Gasteiger partial charge < -0.3 is 10.2 Å². The molecule has 0 saturated carbocycles. The van der Waals surface area contributed by atoms with Crippen molar-refractivity contribution in [2.75, 3.05) is 19.6 Å². The molecule has 1 heterocycles. The number of aryl methyl sites for hydroxylation is 1. The smallest absolute Gasteiger partial charge is 0.253 e. The second-order valence-electron chi connectivity index (χ2n) is 7.29. The van der Waals surface area contributed by atoms with Gasteiger partial charge in [-0.1, -0.05) is 55.8 Å². The average Bonchev–Trinajstić information content (AvgIpc) is 3.14. The molecule has 4 heteroatoms. The van der Waals surface area contributed by atoms with Crippen LogP contribution >= 0.6 is 0 Å². The van der Waals surface area contributed by atoms with Gasteiger partial charge in [0, 0.05) is 31.1 Å². The maximum absolute atomic E-state index is 12.9. The Bertz CT molecular complexity index is 788. The molecule has 0 bridgehead atoms. The summed E-state index contributed by atoms with van der Waals surface area (Å²) >= 11 is 0. The predicted molar refractivity (Wildman–Crippen MR) is 108 cm³/mol. The Morgan fingerprint density at radius 1 is 1.04 bits per heavy atom. The number of amides is 2. The van der Waals surface area contributed by atoms with Crippen molar-refractivity contribution in [2.45, 2.75) is 32.6 Å². The third-order valence-electron chi connectivity index (χ3n) is 5.38. The zero-order valence-electron chi connectivity index (χ0n) is 16.2. The summed E-state index contributed by atoms with van der Waals surface area (Å²) in [5.74, 6) is -0.130. The van der Waals surface area contributed by atoms with E-state index in [0.29, 0.717) is 25.2 Å². The molecule has 27 heavy (non-hydrogen) atoms. The lowest BCUT2D eigenvalue weighted by molar-refractivity contribution is -0.124. The van der Waals surface area contributed by atoms with Crippen LogP contribution in [0.15, 0.2) is 54.6 Å². The molecule has 1 aliphatic rings. The van der Waals surface area contributed by atoms with E-state index in [4.69, 9.17) is 0 Å². The lowest BCUT2D eigenvalue weighted by atomic mass is 9.86. The Kier molecular flexibility index (Phi) is 6.28. The SMILES string of the molecule is CCCCNC(=O)C1CN(C(=O)c2ccccc2)CC1c1ccccc1C. The summed E-state index contributed by atoms with van der Waals surface area (Å²) < 4.78 is 0. The highest BCUT2D eigenvalue weighted by Gasteiger charge is 2.40. The second-order valence-corrected chi connectivity index (χ2v) is 7.29. The van der Waals surface area contributed by atoms with Crippen LogP contribution in [0.2, 0.25) is 0 Å². The van der Waals surface area contributed by atoms with Crippen molar-refractivity contribution >= 4 is 11.8 Å². The standard InChI is InChI=1S/C23H28N2O2/c1-3-4-14-24-22(26)21-16-25(23(27)18-11-6-5-7-12-18)15-20(21)19-13-9-8-10-17(19)2/h5-13,20-21H,3-4,14-16H2,1-2H3,(H,24,26). The maximum atomic E-state index is 12.9. The van der Waals surface area contributed by atoms with Crippen LogP contribution in [-0.4, -0.2) is 36.3 Å². The average molecular weight is 364 g/mol. The van der Waals surface area contributed by atoms with Crippen LogP contribution in [0.4, 0.5) is 0 Å². The Hall–Kier alpha value is -2.62. The summed E-state index contributed by atoms with van der Waals surface area (Å²) in [6.07, 6.45) is 2.02. The fraction of sp³-hybridized carbons (Fsp3) is 0.391. The van der Waals surface area contributed by atoms with Gasteiger partial charge >= 0.3 is 0 Å². The lowest BCUT2D eigenvalue weighted by Crippen LogP contribution is -2.36. The summed E-state index contributed by atoms with van der Waals surface area (Å²) in [5, 5.41) is 3.07. The van der Waals surface area contributed by atoms with Crippen molar-refractivity contribution in [1.29, 1.82) is 0 Å². The fourth-order valence-electron chi connectivity index (χ4n) is 3.84. The van der Waals surface area contributed by atoms with E-state index in [1.165, 1.54) is 5.56 Å². The molecule has 2 atom stereocenters. The highest BCUT2D eigenvalue weighted by molar-refractivity contribution is 5.95. The van der Waals surface area contributed by atoms with Crippen LogP contribution in [0.25, 0.3) is 0 Å². The maximum Gasteiger partial charge on any atom is 0.253 e. The summed E-state index contributed by atoms with van der Waals surface area (Å²) in [6, 6.07) is 17.5. The Morgan fingerprint density at radius 3 is 2.44 bits per heavy atom. The molecule has 1 aliphatic heterocycles. The zero-order chi connectivity index (χ0) is 19.2. The van der Waals surface area contributed by atoms with E-state index in [9.17, 15) is 9.59 Å². The van der Waals surface area contributed by atoms with Gasteiger partial charge in [-0.25, -0.2) is 0 Å². The first-order valence-electron chi connectivity index (χ1n) is 9.79. The summed E-state index contributed by atoms with van der Waals surface area (Å²) in [5.41, 5.74) is 3.01. The van der Waals surface area contributed by atoms with E-state index in [1.54, 1.807) is 0 Å². The highest BCUT2D eigenvalue weighted by Crippen LogP contribution is 2.35. The van der Waals surface area contributed by atoms with Gasteiger partial charge in [0.05, 0.1) is 5.92 Å². The van der Waals surface area contributed by atoms with Crippen molar-refractivity contribution in [3.05, 3.63) is 71.3 Å². The topological polar surface area (TPSA) is 49.4 Å². The molecule has 1 N–H and O–H groups in total. The van der Waals surface area contributed by atoms with Gasteiger partial charge in [-0.3, -0.25) is 9.59 Å². The zero-order valence-corrected chi connectivity index (χ0v) is 16.2. The minimum absolute atomic E-state index is 0.00181. The highest BCUT2D eigenvalue weighted by atomic mass is 16.2. The predicted octanol–water partition coefficient (Wildman–Crippen LogP) is 3.77. The van der Waals surface area contributed by atoms with Crippen LogP contribution in [-0.2, 0) is 4.79 Å². The molecule has 1 saturated heterocycles. The van der Waals surface area contributed by atoms with E-state index in [2.05, 4.69) is 31.3 Å². The normalized spacial score (nSPS) is 19.1. The first kappa shape index (κ1) is 19.2. The van der Waals surface area contributed by atoms with Crippen molar-refractivity contribution in [3.63, 3.8) is 0 Å². The summed E-state index contributed by atoms with van der Waals surface area (Å²) in [4.78, 5) is 27.6. The lowest BCUT2D eigenvalue weighted by Gasteiger charge is -2.20. The number of hydrogen-bond donors (Lipinski definition) is 1. The molecule has 2 amide bonds. The number of nitrogens with zero attached hydrogens (tertiary/aromatic N) is 1. The molecule has 1 fully saturated rings. The third-order valence-corrected chi connectivity index (χ3v) is 5.38. The Morgan fingerprint density at radius 2 is 1.74 bits per heavy atom. The van der Waals surface area contributed by atoms with Gasteiger partial charge in [0.25, 0.3) is 5.91 Å². The molecule has 0 aliphatic carbocycles. The van der Waals surface area contributed by atoms with E-state index < -0.39 is 0 Å². The molecular formula is C23H28N2O2. The second kappa shape index (κ2) is 8.85. The van der Waals surface area contributed by atoms with E-state index in [-0.39, 0.29) is 23.7 Å². The van der Waals surface area contributed by atoms with Crippen LogP contribution in [0.3, 0.4) is 0 Å². The van der Waals surface area contributed by atoms with Gasteiger partial charge in [-0.15, -0.1) is 0 Å².